The second-order valence-electron chi connectivity index (χ2n) is 7.75. The molecular weight excluding hydrogens is 476 g/mol. The first-order valence-electron chi connectivity index (χ1n) is 11.0. The average molecular weight is 503 g/mol. The standard InChI is InChI=1S/C24H27ClN4O4S/c1-3-14-33-20-10-6-18(7-11-20)27-22(31)15-21-23(32)29(19-8-4-17(25)5-9-19)24(34)28(21)13-12-26-16(2)30/h4-11,21H,3,12-15H2,1-2H3,(H,26,30)(H,27,31)/t21-/m0/s1. The van der Waals surface area contributed by atoms with Gasteiger partial charge in [-0.05, 0) is 67.2 Å². The van der Waals surface area contributed by atoms with Gasteiger partial charge in [0, 0.05) is 30.7 Å². The number of hydrogen-bond acceptors (Lipinski definition) is 5. The SMILES string of the molecule is CCCOc1ccc(NC(=O)C[C@H]2C(=O)N(c3ccc(Cl)cc3)C(=S)N2CCNC(C)=O)cc1. The van der Waals surface area contributed by atoms with Crippen LogP contribution in [0.5, 0.6) is 5.75 Å². The minimum absolute atomic E-state index is 0.1000. The predicted octanol–water partition coefficient (Wildman–Crippen LogP) is 3.60. The highest BCUT2D eigenvalue weighted by molar-refractivity contribution is 7.80. The van der Waals surface area contributed by atoms with Crippen LogP contribution >= 0.6 is 23.8 Å². The fourth-order valence-electron chi connectivity index (χ4n) is 3.51. The molecule has 8 nitrogen and oxygen atoms in total. The zero-order valence-electron chi connectivity index (χ0n) is 19.0. The molecule has 1 aliphatic rings. The summed E-state index contributed by atoms with van der Waals surface area (Å²) in [6.07, 6.45) is 0.804. The van der Waals surface area contributed by atoms with Gasteiger partial charge in [-0.25, -0.2) is 0 Å². The lowest BCUT2D eigenvalue weighted by molar-refractivity contribution is -0.124. The summed E-state index contributed by atoms with van der Waals surface area (Å²) in [5.74, 6) is -0.106. The summed E-state index contributed by atoms with van der Waals surface area (Å²) in [6.45, 7) is 4.63. The maximum atomic E-state index is 13.3. The molecule has 1 fully saturated rings. The maximum absolute atomic E-state index is 13.3. The molecule has 0 aromatic heterocycles. The minimum Gasteiger partial charge on any atom is -0.494 e. The number of hydrogen-bond donors (Lipinski definition) is 2. The Labute approximate surface area is 209 Å². The van der Waals surface area contributed by atoms with Crippen LogP contribution in [0.15, 0.2) is 48.5 Å². The van der Waals surface area contributed by atoms with Crippen molar-refractivity contribution in [2.24, 2.45) is 0 Å². The molecule has 0 aliphatic carbocycles. The molecule has 2 N–H and O–H groups in total. The first kappa shape index (κ1) is 25.5. The van der Waals surface area contributed by atoms with Crippen LogP contribution < -0.4 is 20.3 Å². The first-order valence-corrected chi connectivity index (χ1v) is 11.8. The lowest BCUT2D eigenvalue weighted by Crippen LogP contribution is -2.42. The molecule has 3 rings (SSSR count). The fourth-order valence-corrected chi connectivity index (χ4v) is 4.05. The number of anilines is 2. The number of amides is 3. The lowest BCUT2D eigenvalue weighted by atomic mass is 10.1. The second kappa shape index (κ2) is 11.8. The predicted molar refractivity (Wildman–Crippen MR) is 136 cm³/mol. The number of benzene rings is 2. The average Bonchev–Trinajstić information content (AvgIpc) is 3.03. The van der Waals surface area contributed by atoms with Crippen molar-refractivity contribution in [2.75, 3.05) is 29.9 Å². The van der Waals surface area contributed by atoms with Gasteiger partial charge in [-0.3, -0.25) is 19.3 Å². The van der Waals surface area contributed by atoms with E-state index in [9.17, 15) is 14.4 Å². The van der Waals surface area contributed by atoms with Gasteiger partial charge in [0.05, 0.1) is 18.7 Å². The van der Waals surface area contributed by atoms with E-state index in [-0.39, 0.29) is 42.3 Å². The van der Waals surface area contributed by atoms with Gasteiger partial charge in [0.2, 0.25) is 11.8 Å². The maximum Gasteiger partial charge on any atom is 0.256 e. The summed E-state index contributed by atoms with van der Waals surface area (Å²) >= 11 is 11.6. The fraction of sp³-hybridized carbons (Fsp3) is 0.333. The Hall–Kier alpha value is -3.17. The Morgan fingerprint density at radius 3 is 2.41 bits per heavy atom. The van der Waals surface area contributed by atoms with E-state index in [1.165, 1.54) is 11.8 Å². The van der Waals surface area contributed by atoms with Crippen molar-refractivity contribution in [3.05, 3.63) is 53.6 Å². The third kappa shape index (κ3) is 6.45. The molecule has 0 bridgehead atoms. The molecular formula is C24H27ClN4O4S. The Kier molecular flexibility index (Phi) is 8.84. The molecule has 1 atom stereocenters. The van der Waals surface area contributed by atoms with Crippen LogP contribution in [0.25, 0.3) is 0 Å². The summed E-state index contributed by atoms with van der Waals surface area (Å²) in [7, 11) is 0. The molecule has 180 valence electrons. The van der Waals surface area contributed by atoms with E-state index in [4.69, 9.17) is 28.6 Å². The van der Waals surface area contributed by atoms with Crippen molar-refractivity contribution >= 4 is 58.0 Å². The van der Waals surface area contributed by atoms with E-state index in [1.54, 1.807) is 53.4 Å². The Balaban J connectivity index is 1.73. The monoisotopic (exact) mass is 502 g/mol. The number of halogens is 1. The van der Waals surface area contributed by atoms with Crippen LogP contribution in [-0.2, 0) is 14.4 Å². The molecule has 0 spiro atoms. The highest BCUT2D eigenvalue weighted by atomic mass is 35.5. The molecule has 34 heavy (non-hydrogen) atoms. The van der Waals surface area contributed by atoms with Gasteiger partial charge < -0.3 is 20.3 Å². The smallest absolute Gasteiger partial charge is 0.256 e. The number of rotatable bonds is 10. The van der Waals surface area contributed by atoms with E-state index >= 15 is 0 Å². The van der Waals surface area contributed by atoms with E-state index < -0.39 is 6.04 Å². The third-order valence-electron chi connectivity index (χ3n) is 5.12. The van der Waals surface area contributed by atoms with Crippen molar-refractivity contribution in [2.45, 2.75) is 32.7 Å². The molecule has 2 aromatic carbocycles. The van der Waals surface area contributed by atoms with Gasteiger partial charge in [-0.15, -0.1) is 0 Å². The largest absolute Gasteiger partial charge is 0.494 e. The van der Waals surface area contributed by atoms with E-state index in [2.05, 4.69) is 10.6 Å². The Bertz CT molecular complexity index is 1050. The highest BCUT2D eigenvalue weighted by Crippen LogP contribution is 2.28. The number of thiocarbonyl (C=S) groups is 1. The van der Waals surface area contributed by atoms with Crippen molar-refractivity contribution in [1.29, 1.82) is 0 Å². The van der Waals surface area contributed by atoms with Gasteiger partial charge in [0.15, 0.2) is 5.11 Å². The van der Waals surface area contributed by atoms with Crippen LogP contribution in [0, 0.1) is 0 Å². The van der Waals surface area contributed by atoms with E-state index in [0.717, 1.165) is 12.2 Å². The summed E-state index contributed by atoms with van der Waals surface area (Å²) in [6, 6.07) is 13.0. The van der Waals surface area contributed by atoms with E-state index in [1.807, 2.05) is 6.92 Å². The lowest BCUT2D eigenvalue weighted by Gasteiger charge is -2.24. The van der Waals surface area contributed by atoms with Crippen LogP contribution in [0.2, 0.25) is 5.02 Å². The summed E-state index contributed by atoms with van der Waals surface area (Å²) in [5.41, 5.74) is 1.16. The molecule has 0 unspecified atom stereocenters. The number of nitrogens with zero attached hydrogens (tertiary/aromatic N) is 2. The van der Waals surface area contributed by atoms with Gasteiger partial charge in [0.25, 0.3) is 5.91 Å². The molecule has 0 saturated carbocycles. The summed E-state index contributed by atoms with van der Waals surface area (Å²) in [4.78, 5) is 40.5. The van der Waals surface area contributed by atoms with Gasteiger partial charge in [-0.1, -0.05) is 18.5 Å². The second-order valence-corrected chi connectivity index (χ2v) is 8.55. The number of carbonyl (C=O) groups is 3. The number of ether oxygens (including phenoxy) is 1. The topological polar surface area (TPSA) is 91.0 Å². The molecule has 10 heteroatoms. The number of carbonyl (C=O) groups excluding carboxylic acids is 3. The van der Waals surface area contributed by atoms with Crippen LogP contribution in [0.4, 0.5) is 11.4 Å². The van der Waals surface area contributed by atoms with Crippen molar-refractivity contribution < 1.29 is 19.1 Å². The van der Waals surface area contributed by atoms with Crippen LogP contribution in [0.3, 0.4) is 0 Å². The quantitative estimate of drug-likeness (QED) is 0.482. The van der Waals surface area contributed by atoms with Crippen molar-refractivity contribution in [1.82, 2.24) is 10.2 Å². The van der Waals surface area contributed by atoms with Crippen molar-refractivity contribution in [3.8, 4) is 5.75 Å². The summed E-state index contributed by atoms with van der Waals surface area (Å²) in [5, 5.41) is 6.33. The number of nitrogens with one attached hydrogen (secondary N) is 2. The highest BCUT2D eigenvalue weighted by Gasteiger charge is 2.43. The Morgan fingerprint density at radius 1 is 1.12 bits per heavy atom. The molecule has 3 amide bonds. The van der Waals surface area contributed by atoms with E-state index in [0.29, 0.717) is 23.0 Å². The zero-order valence-corrected chi connectivity index (χ0v) is 20.6. The molecule has 2 aromatic rings. The van der Waals surface area contributed by atoms with Gasteiger partial charge in [-0.2, -0.15) is 0 Å². The van der Waals surface area contributed by atoms with Crippen molar-refractivity contribution in [3.63, 3.8) is 0 Å². The first-order chi connectivity index (χ1) is 16.3. The minimum atomic E-state index is -0.802. The summed E-state index contributed by atoms with van der Waals surface area (Å²) < 4.78 is 5.56. The van der Waals surface area contributed by atoms with Crippen LogP contribution in [0.1, 0.15) is 26.7 Å². The van der Waals surface area contributed by atoms with Gasteiger partial charge in [0.1, 0.15) is 11.8 Å². The molecule has 0 radical (unpaired) electrons. The van der Waals surface area contributed by atoms with Crippen LogP contribution in [-0.4, -0.2) is 53.5 Å². The Morgan fingerprint density at radius 2 is 1.79 bits per heavy atom. The normalized spacial score (nSPS) is 15.4. The third-order valence-corrected chi connectivity index (χ3v) is 5.79. The van der Waals surface area contributed by atoms with Gasteiger partial charge >= 0.3 is 0 Å². The molecule has 1 saturated heterocycles. The molecule has 1 heterocycles. The zero-order chi connectivity index (χ0) is 24.7. The molecule has 1 aliphatic heterocycles.